The predicted octanol–water partition coefficient (Wildman–Crippen LogP) is -0.257. The van der Waals surface area contributed by atoms with Crippen LogP contribution >= 0.6 is 0 Å². The lowest BCUT2D eigenvalue weighted by Crippen LogP contribution is -2.38. The zero-order chi connectivity index (χ0) is 9.40. The van der Waals surface area contributed by atoms with Crippen molar-refractivity contribution in [2.75, 3.05) is 26.9 Å². The molecular weight excluding hydrogens is 156 g/mol. The third-order valence-corrected chi connectivity index (χ3v) is 1.52. The largest absolute Gasteiger partial charge is 0.395 e. The van der Waals surface area contributed by atoms with E-state index in [0.717, 1.165) is 0 Å². The lowest BCUT2D eigenvalue weighted by Gasteiger charge is -2.15. The smallest absolute Gasteiger partial charge is 0.0666 e. The van der Waals surface area contributed by atoms with Gasteiger partial charge in [0.15, 0.2) is 0 Å². The Balaban J connectivity index is 3.51. The first-order valence-corrected chi connectivity index (χ1v) is 3.97. The Bertz CT molecular complexity index is 144. The van der Waals surface area contributed by atoms with Gasteiger partial charge >= 0.3 is 0 Å². The Morgan fingerprint density at radius 2 is 2.33 bits per heavy atom. The standard InChI is InChI=1S/C8H16N2O2/c1-7(3-9)4-10-8(5-11)6-12-2/h7-8,10-11H,4-6H2,1-2H3. The molecule has 0 fully saturated rings. The van der Waals surface area contributed by atoms with Gasteiger partial charge in [-0.05, 0) is 6.92 Å². The first-order chi connectivity index (χ1) is 5.74. The molecule has 0 aliphatic heterocycles. The van der Waals surface area contributed by atoms with E-state index in [0.29, 0.717) is 13.2 Å². The normalized spacial score (nSPS) is 15.2. The number of ether oxygens (including phenoxy) is 1. The number of hydrogen-bond acceptors (Lipinski definition) is 4. The van der Waals surface area contributed by atoms with E-state index in [-0.39, 0.29) is 18.6 Å². The topological polar surface area (TPSA) is 65.3 Å². The molecule has 0 heterocycles. The summed E-state index contributed by atoms with van der Waals surface area (Å²) >= 11 is 0. The molecule has 12 heavy (non-hydrogen) atoms. The highest BCUT2D eigenvalue weighted by Crippen LogP contribution is 1.90. The summed E-state index contributed by atoms with van der Waals surface area (Å²) in [6, 6.07) is 2.04. The highest BCUT2D eigenvalue weighted by molar-refractivity contribution is 4.81. The van der Waals surface area contributed by atoms with Crippen LogP contribution in [0.5, 0.6) is 0 Å². The van der Waals surface area contributed by atoms with E-state index in [1.165, 1.54) is 0 Å². The van der Waals surface area contributed by atoms with E-state index in [2.05, 4.69) is 11.4 Å². The van der Waals surface area contributed by atoms with Crippen LogP contribution in [0.4, 0.5) is 0 Å². The maximum Gasteiger partial charge on any atom is 0.0666 e. The summed E-state index contributed by atoms with van der Waals surface area (Å²) in [5.41, 5.74) is 0. The number of aliphatic hydroxyl groups is 1. The molecule has 2 N–H and O–H groups in total. The summed E-state index contributed by atoms with van der Waals surface area (Å²) in [6.07, 6.45) is 0. The zero-order valence-electron chi connectivity index (χ0n) is 7.58. The number of nitrogens with zero attached hydrogens (tertiary/aromatic N) is 1. The highest BCUT2D eigenvalue weighted by atomic mass is 16.5. The van der Waals surface area contributed by atoms with Crippen LogP contribution in [0.1, 0.15) is 6.92 Å². The van der Waals surface area contributed by atoms with Gasteiger partial charge < -0.3 is 15.2 Å². The van der Waals surface area contributed by atoms with Crippen molar-refractivity contribution in [1.29, 1.82) is 5.26 Å². The van der Waals surface area contributed by atoms with Crippen molar-refractivity contribution in [3.05, 3.63) is 0 Å². The Labute approximate surface area is 73.1 Å². The molecule has 0 saturated heterocycles. The number of hydrogen-bond donors (Lipinski definition) is 2. The van der Waals surface area contributed by atoms with Gasteiger partial charge in [0.2, 0.25) is 0 Å². The van der Waals surface area contributed by atoms with E-state index >= 15 is 0 Å². The minimum Gasteiger partial charge on any atom is -0.395 e. The summed E-state index contributed by atoms with van der Waals surface area (Å²) < 4.78 is 4.86. The van der Waals surface area contributed by atoms with Crippen LogP contribution in [-0.4, -0.2) is 38.0 Å². The molecule has 0 radical (unpaired) electrons. The van der Waals surface area contributed by atoms with Gasteiger partial charge in [-0.1, -0.05) is 0 Å². The molecule has 4 heteroatoms. The summed E-state index contributed by atoms with van der Waals surface area (Å²) in [5.74, 6) is -0.0316. The second-order valence-electron chi connectivity index (χ2n) is 2.77. The fourth-order valence-corrected chi connectivity index (χ4v) is 0.766. The Morgan fingerprint density at radius 1 is 1.67 bits per heavy atom. The molecular formula is C8H16N2O2. The van der Waals surface area contributed by atoms with Gasteiger partial charge in [0.1, 0.15) is 0 Å². The van der Waals surface area contributed by atoms with Crippen molar-refractivity contribution in [2.45, 2.75) is 13.0 Å². The molecule has 0 aliphatic rings. The summed E-state index contributed by atoms with van der Waals surface area (Å²) in [7, 11) is 1.58. The maximum absolute atomic E-state index is 8.82. The van der Waals surface area contributed by atoms with Gasteiger partial charge in [-0.15, -0.1) is 0 Å². The third-order valence-electron chi connectivity index (χ3n) is 1.52. The van der Waals surface area contributed by atoms with Gasteiger partial charge in [-0.3, -0.25) is 0 Å². The van der Waals surface area contributed by atoms with Gasteiger partial charge in [-0.25, -0.2) is 0 Å². The van der Waals surface area contributed by atoms with Crippen LogP contribution in [0.15, 0.2) is 0 Å². The fraction of sp³-hybridized carbons (Fsp3) is 0.875. The zero-order valence-corrected chi connectivity index (χ0v) is 7.58. The molecule has 2 unspecified atom stereocenters. The monoisotopic (exact) mass is 172 g/mol. The van der Waals surface area contributed by atoms with Crippen molar-refractivity contribution in [2.24, 2.45) is 5.92 Å². The third kappa shape index (κ3) is 5.08. The molecule has 0 saturated carbocycles. The van der Waals surface area contributed by atoms with Crippen LogP contribution in [0.3, 0.4) is 0 Å². The maximum atomic E-state index is 8.82. The fourth-order valence-electron chi connectivity index (χ4n) is 0.766. The SMILES string of the molecule is COCC(CO)NCC(C)C#N. The number of nitriles is 1. The molecule has 0 amide bonds. The van der Waals surface area contributed by atoms with E-state index in [1.807, 2.05) is 6.92 Å². The van der Waals surface area contributed by atoms with Crippen LogP contribution in [0.2, 0.25) is 0 Å². The lowest BCUT2D eigenvalue weighted by atomic mass is 10.2. The van der Waals surface area contributed by atoms with Crippen molar-refractivity contribution in [3.8, 4) is 6.07 Å². The van der Waals surface area contributed by atoms with Crippen molar-refractivity contribution < 1.29 is 9.84 Å². The summed E-state index contributed by atoms with van der Waals surface area (Å²) in [6.45, 7) is 2.92. The average molecular weight is 172 g/mol. The van der Waals surface area contributed by atoms with E-state index in [4.69, 9.17) is 15.1 Å². The number of methoxy groups -OCH3 is 1. The van der Waals surface area contributed by atoms with Gasteiger partial charge in [-0.2, -0.15) is 5.26 Å². The van der Waals surface area contributed by atoms with Crippen LogP contribution in [-0.2, 0) is 4.74 Å². The second-order valence-corrected chi connectivity index (χ2v) is 2.77. The Hall–Kier alpha value is -0.630. The quantitative estimate of drug-likeness (QED) is 0.579. The highest BCUT2D eigenvalue weighted by Gasteiger charge is 2.07. The van der Waals surface area contributed by atoms with Crippen molar-refractivity contribution >= 4 is 0 Å². The first kappa shape index (κ1) is 11.4. The number of rotatable bonds is 6. The second kappa shape index (κ2) is 7.04. The molecule has 0 rings (SSSR count). The minimum atomic E-state index is -0.0641. The predicted molar refractivity (Wildman–Crippen MR) is 45.5 cm³/mol. The molecule has 0 aromatic rings. The summed E-state index contributed by atoms with van der Waals surface area (Å²) in [4.78, 5) is 0. The first-order valence-electron chi connectivity index (χ1n) is 3.97. The Kier molecular flexibility index (Phi) is 6.67. The van der Waals surface area contributed by atoms with E-state index in [1.54, 1.807) is 7.11 Å². The number of nitrogens with one attached hydrogen (secondary N) is 1. The minimum absolute atomic E-state index is 0.0316. The van der Waals surface area contributed by atoms with Gasteiger partial charge in [0.05, 0.1) is 31.2 Å². The average Bonchev–Trinajstić information content (AvgIpc) is 2.11. The van der Waals surface area contributed by atoms with Crippen LogP contribution in [0.25, 0.3) is 0 Å². The van der Waals surface area contributed by atoms with Crippen molar-refractivity contribution in [3.63, 3.8) is 0 Å². The van der Waals surface area contributed by atoms with E-state index < -0.39 is 0 Å². The van der Waals surface area contributed by atoms with Gasteiger partial charge in [0.25, 0.3) is 0 Å². The molecule has 70 valence electrons. The molecule has 0 aromatic carbocycles. The van der Waals surface area contributed by atoms with E-state index in [9.17, 15) is 0 Å². The molecule has 0 spiro atoms. The van der Waals surface area contributed by atoms with Crippen LogP contribution in [0, 0.1) is 17.2 Å². The van der Waals surface area contributed by atoms with Gasteiger partial charge in [0, 0.05) is 13.7 Å². The summed E-state index contributed by atoms with van der Waals surface area (Å²) in [5, 5.41) is 20.3. The molecule has 0 bridgehead atoms. The van der Waals surface area contributed by atoms with Crippen molar-refractivity contribution in [1.82, 2.24) is 5.32 Å². The molecule has 2 atom stereocenters. The molecule has 0 aliphatic carbocycles. The van der Waals surface area contributed by atoms with Crippen LogP contribution < -0.4 is 5.32 Å². The molecule has 0 aromatic heterocycles. The number of aliphatic hydroxyl groups excluding tert-OH is 1. The lowest BCUT2D eigenvalue weighted by molar-refractivity contribution is 0.128. The Morgan fingerprint density at radius 3 is 2.75 bits per heavy atom. The molecule has 4 nitrogen and oxygen atoms in total.